The van der Waals surface area contributed by atoms with Crippen LogP contribution in [0.2, 0.25) is 0 Å². The maximum Gasteiger partial charge on any atom is -0.0230 e. The van der Waals surface area contributed by atoms with Gasteiger partial charge in [-0.05, 0) is 29.5 Å². The first kappa shape index (κ1) is 10.8. The van der Waals surface area contributed by atoms with Crippen molar-refractivity contribution in [3.63, 3.8) is 0 Å². The van der Waals surface area contributed by atoms with E-state index in [2.05, 4.69) is 44.3 Å². The molecule has 0 fully saturated rings. The Morgan fingerprint density at radius 3 is 2.43 bits per heavy atom. The first-order chi connectivity index (χ1) is 6.77. The lowest BCUT2D eigenvalue weighted by Crippen LogP contribution is -1.83. The Labute approximate surface area is 87.0 Å². The average Bonchev–Trinajstić information content (AvgIpc) is 2.26. The van der Waals surface area contributed by atoms with E-state index < -0.39 is 0 Å². The van der Waals surface area contributed by atoms with Gasteiger partial charge in [0.2, 0.25) is 0 Å². The Kier molecular flexibility index (Phi) is 4.18. The van der Waals surface area contributed by atoms with Crippen molar-refractivity contribution in [2.24, 2.45) is 0 Å². The highest BCUT2D eigenvalue weighted by Crippen LogP contribution is 2.19. The van der Waals surface area contributed by atoms with Crippen molar-refractivity contribution in [2.45, 2.75) is 26.2 Å². The first-order valence-corrected chi connectivity index (χ1v) is 5.18. The van der Waals surface area contributed by atoms with Crippen molar-refractivity contribution in [2.75, 3.05) is 0 Å². The van der Waals surface area contributed by atoms with Crippen LogP contribution in [0.25, 0.3) is 11.6 Å². The Hall–Kier alpha value is -1.30. The molecule has 0 aliphatic heterocycles. The lowest BCUT2D eigenvalue weighted by atomic mass is 10.0. The van der Waals surface area contributed by atoms with Crippen molar-refractivity contribution >= 4 is 11.6 Å². The quantitative estimate of drug-likeness (QED) is 0.633. The molecule has 0 radical (unpaired) electrons. The summed E-state index contributed by atoms with van der Waals surface area (Å²) in [5.74, 6) is 0. The van der Waals surface area contributed by atoms with E-state index in [1.807, 2.05) is 6.08 Å². The number of unbranched alkanes of at least 4 members (excludes halogenated alkanes) is 1. The Morgan fingerprint density at radius 2 is 1.93 bits per heavy atom. The fourth-order valence-corrected chi connectivity index (χ4v) is 1.39. The highest BCUT2D eigenvalue weighted by atomic mass is 14.0. The van der Waals surface area contributed by atoms with Crippen molar-refractivity contribution in [3.05, 3.63) is 48.6 Å². The van der Waals surface area contributed by atoms with Gasteiger partial charge in [-0.25, -0.2) is 0 Å². The molecule has 0 aromatic heterocycles. The minimum atomic E-state index is 1.10. The van der Waals surface area contributed by atoms with Gasteiger partial charge in [0.25, 0.3) is 0 Å². The number of allylic oxidation sites excluding steroid dienone is 1. The van der Waals surface area contributed by atoms with Crippen LogP contribution in [-0.4, -0.2) is 0 Å². The molecule has 0 saturated heterocycles. The molecule has 0 unspecified atom stereocenters. The Morgan fingerprint density at radius 1 is 1.29 bits per heavy atom. The maximum absolute atomic E-state index is 4.09. The van der Waals surface area contributed by atoms with Gasteiger partial charge in [0.1, 0.15) is 0 Å². The van der Waals surface area contributed by atoms with E-state index in [4.69, 9.17) is 0 Å². The summed E-state index contributed by atoms with van der Waals surface area (Å²) in [5.41, 5.74) is 3.66. The van der Waals surface area contributed by atoms with Gasteiger partial charge in [-0.2, -0.15) is 0 Å². The third-order valence-electron chi connectivity index (χ3n) is 2.39. The Bertz CT molecular complexity index is 303. The van der Waals surface area contributed by atoms with E-state index in [1.54, 1.807) is 0 Å². The third kappa shape index (κ3) is 2.88. The topological polar surface area (TPSA) is 0 Å². The molecule has 1 rings (SSSR count). The van der Waals surface area contributed by atoms with Crippen LogP contribution >= 0.6 is 0 Å². The number of hydrogen-bond donors (Lipinski definition) is 0. The van der Waals surface area contributed by atoms with Crippen molar-refractivity contribution < 1.29 is 0 Å². The van der Waals surface area contributed by atoms with Crippen LogP contribution in [0.15, 0.2) is 37.4 Å². The average molecular weight is 186 g/mol. The summed E-state index contributed by atoms with van der Waals surface area (Å²) in [6.45, 7) is 10.0. The predicted molar refractivity (Wildman–Crippen MR) is 65.1 cm³/mol. The van der Waals surface area contributed by atoms with E-state index in [0.29, 0.717) is 0 Å². The molecule has 0 saturated carbocycles. The van der Waals surface area contributed by atoms with Crippen molar-refractivity contribution in [3.8, 4) is 0 Å². The van der Waals surface area contributed by atoms with Crippen molar-refractivity contribution in [1.29, 1.82) is 0 Å². The summed E-state index contributed by atoms with van der Waals surface area (Å²) in [4.78, 5) is 0. The van der Waals surface area contributed by atoms with Crippen LogP contribution < -0.4 is 0 Å². The van der Waals surface area contributed by atoms with Crippen LogP contribution in [0.5, 0.6) is 0 Å². The van der Waals surface area contributed by atoms with E-state index in [0.717, 1.165) is 12.0 Å². The molecule has 14 heavy (non-hydrogen) atoms. The van der Waals surface area contributed by atoms with Gasteiger partial charge in [-0.15, -0.1) is 0 Å². The highest BCUT2D eigenvalue weighted by molar-refractivity contribution is 5.64. The van der Waals surface area contributed by atoms with Gasteiger partial charge in [0, 0.05) is 0 Å². The van der Waals surface area contributed by atoms with Crippen LogP contribution in [0.4, 0.5) is 0 Å². The zero-order valence-corrected chi connectivity index (χ0v) is 8.92. The minimum absolute atomic E-state index is 1.10. The molecule has 0 spiro atoms. The van der Waals surface area contributed by atoms with Gasteiger partial charge in [0.15, 0.2) is 0 Å². The number of benzene rings is 1. The molecular formula is C14H18. The molecular weight excluding hydrogens is 168 g/mol. The zero-order chi connectivity index (χ0) is 10.4. The fourth-order valence-electron chi connectivity index (χ4n) is 1.39. The van der Waals surface area contributed by atoms with Gasteiger partial charge in [-0.1, -0.05) is 56.8 Å². The molecule has 0 N–H and O–H groups in total. The van der Waals surface area contributed by atoms with E-state index >= 15 is 0 Å². The zero-order valence-electron chi connectivity index (χ0n) is 8.92. The maximum atomic E-state index is 4.09. The molecule has 0 bridgehead atoms. The monoisotopic (exact) mass is 186 g/mol. The SMILES string of the molecule is C=Cc1ccc(C(=C)CCCC)cc1. The summed E-state index contributed by atoms with van der Waals surface area (Å²) >= 11 is 0. The number of rotatable bonds is 5. The first-order valence-electron chi connectivity index (χ1n) is 5.18. The molecule has 0 aliphatic rings. The third-order valence-corrected chi connectivity index (χ3v) is 2.39. The molecule has 0 amide bonds. The summed E-state index contributed by atoms with van der Waals surface area (Å²) in [6, 6.07) is 8.41. The van der Waals surface area contributed by atoms with Crippen LogP contribution in [0.3, 0.4) is 0 Å². The molecule has 0 heteroatoms. The van der Waals surface area contributed by atoms with E-state index in [9.17, 15) is 0 Å². The second kappa shape index (κ2) is 5.43. The lowest BCUT2D eigenvalue weighted by Gasteiger charge is -2.05. The standard InChI is InChI=1S/C14H18/c1-4-6-7-12(3)14-10-8-13(5-2)9-11-14/h5,8-11H,2-4,6-7H2,1H3. The lowest BCUT2D eigenvalue weighted by molar-refractivity contribution is 0.825. The Balaban J connectivity index is 2.66. The summed E-state index contributed by atoms with van der Waals surface area (Å²) in [5, 5.41) is 0. The predicted octanol–water partition coefficient (Wildman–Crippen LogP) is 4.53. The normalized spacial score (nSPS) is 9.79. The number of hydrogen-bond acceptors (Lipinski definition) is 0. The fraction of sp³-hybridized carbons (Fsp3) is 0.286. The smallest absolute Gasteiger partial charge is 0.0230 e. The highest BCUT2D eigenvalue weighted by Gasteiger charge is 1.97. The summed E-state index contributed by atoms with van der Waals surface area (Å²) in [6.07, 6.45) is 5.41. The summed E-state index contributed by atoms with van der Waals surface area (Å²) in [7, 11) is 0. The molecule has 1 aromatic carbocycles. The van der Waals surface area contributed by atoms with Gasteiger partial charge >= 0.3 is 0 Å². The van der Waals surface area contributed by atoms with Gasteiger partial charge in [-0.3, -0.25) is 0 Å². The van der Waals surface area contributed by atoms with Gasteiger partial charge < -0.3 is 0 Å². The second-order valence-corrected chi connectivity index (χ2v) is 3.53. The molecule has 0 aliphatic carbocycles. The molecule has 0 nitrogen and oxygen atoms in total. The second-order valence-electron chi connectivity index (χ2n) is 3.53. The van der Waals surface area contributed by atoms with Crippen LogP contribution in [0, 0.1) is 0 Å². The van der Waals surface area contributed by atoms with Crippen LogP contribution in [-0.2, 0) is 0 Å². The summed E-state index contributed by atoms with van der Waals surface area (Å²) < 4.78 is 0. The molecule has 1 aromatic rings. The molecule has 0 atom stereocenters. The molecule has 74 valence electrons. The molecule has 0 heterocycles. The van der Waals surface area contributed by atoms with E-state index in [1.165, 1.54) is 24.0 Å². The van der Waals surface area contributed by atoms with Crippen molar-refractivity contribution in [1.82, 2.24) is 0 Å². The van der Waals surface area contributed by atoms with E-state index in [-0.39, 0.29) is 0 Å². The van der Waals surface area contributed by atoms with Crippen LogP contribution in [0.1, 0.15) is 37.3 Å². The van der Waals surface area contributed by atoms with Gasteiger partial charge in [0.05, 0.1) is 0 Å². The largest absolute Gasteiger partial charge is 0.0985 e. The minimum Gasteiger partial charge on any atom is -0.0985 e.